The van der Waals surface area contributed by atoms with Crippen LogP contribution in [0.2, 0.25) is 0 Å². The minimum atomic E-state index is -0.762. The molecule has 3 heteroatoms. The molecule has 1 saturated carbocycles. The number of hydrogen-bond donors (Lipinski definition) is 1. The highest BCUT2D eigenvalue weighted by Gasteiger charge is 2.74. The van der Waals surface area contributed by atoms with Crippen LogP contribution in [0.25, 0.3) is 0 Å². The largest absolute Gasteiger partial charge is 0.387 e. The SMILES string of the molecule is C=C1CO[C@@]23C[C@@](C)(O)[C@]4(CC[C@@H](C)[C@@H]4C[C@H]12)O3. The van der Waals surface area contributed by atoms with E-state index in [9.17, 15) is 5.11 Å². The summed E-state index contributed by atoms with van der Waals surface area (Å²) in [5.41, 5.74) is 0.0235. The molecule has 0 aromatic rings. The van der Waals surface area contributed by atoms with Gasteiger partial charge in [-0.25, -0.2) is 0 Å². The minimum Gasteiger partial charge on any atom is -0.387 e. The lowest BCUT2D eigenvalue weighted by atomic mass is 9.73. The van der Waals surface area contributed by atoms with Crippen LogP contribution in [0.5, 0.6) is 0 Å². The molecule has 1 N–H and O–H groups in total. The van der Waals surface area contributed by atoms with Crippen LogP contribution < -0.4 is 0 Å². The highest BCUT2D eigenvalue weighted by Crippen LogP contribution is 2.67. The molecule has 4 aliphatic rings. The number of aliphatic hydroxyl groups is 1. The molecule has 4 rings (SSSR count). The van der Waals surface area contributed by atoms with Gasteiger partial charge in [-0.05, 0) is 43.6 Å². The molecule has 0 aromatic carbocycles. The van der Waals surface area contributed by atoms with Gasteiger partial charge >= 0.3 is 0 Å². The fourth-order valence-electron chi connectivity index (χ4n) is 5.19. The lowest BCUT2D eigenvalue weighted by Gasteiger charge is -2.46. The number of rotatable bonds is 0. The van der Waals surface area contributed by atoms with E-state index in [2.05, 4.69) is 13.5 Å². The summed E-state index contributed by atoms with van der Waals surface area (Å²) in [4.78, 5) is 0. The van der Waals surface area contributed by atoms with Gasteiger partial charge in [-0.2, -0.15) is 0 Å². The van der Waals surface area contributed by atoms with Crippen LogP contribution in [0.3, 0.4) is 0 Å². The van der Waals surface area contributed by atoms with Crippen molar-refractivity contribution in [1.29, 1.82) is 0 Å². The van der Waals surface area contributed by atoms with Gasteiger partial charge < -0.3 is 14.6 Å². The van der Waals surface area contributed by atoms with Gasteiger partial charge in [0.1, 0.15) is 5.60 Å². The van der Waals surface area contributed by atoms with Gasteiger partial charge in [0.25, 0.3) is 0 Å². The third-order valence-electron chi connectivity index (χ3n) is 6.13. The second-order valence-electron chi connectivity index (χ2n) is 7.11. The molecule has 2 spiro atoms. The molecule has 0 aromatic heterocycles. The maximum absolute atomic E-state index is 10.9. The molecule has 1 aliphatic carbocycles. The molecule has 3 aliphatic heterocycles. The van der Waals surface area contributed by atoms with Crippen LogP contribution in [-0.4, -0.2) is 28.7 Å². The van der Waals surface area contributed by atoms with Gasteiger partial charge in [-0.3, -0.25) is 0 Å². The van der Waals surface area contributed by atoms with E-state index < -0.39 is 11.4 Å². The number of ether oxygens (including phenoxy) is 2. The van der Waals surface area contributed by atoms with E-state index in [1.165, 1.54) is 0 Å². The fraction of sp³-hybridized carbons (Fsp3) is 0.867. The van der Waals surface area contributed by atoms with Crippen molar-refractivity contribution in [2.75, 3.05) is 6.61 Å². The van der Waals surface area contributed by atoms with Crippen LogP contribution in [-0.2, 0) is 9.47 Å². The Morgan fingerprint density at radius 3 is 3.00 bits per heavy atom. The molecule has 3 saturated heterocycles. The van der Waals surface area contributed by atoms with E-state index in [-0.39, 0.29) is 11.5 Å². The van der Waals surface area contributed by atoms with E-state index in [1.807, 2.05) is 6.92 Å². The van der Waals surface area contributed by atoms with Crippen molar-refractivity contribution in [3.05, 3.63) is 12.2 Å². The Morgan fingerprint density at radius 1 is 1.44 bits per heavy atom. The van der Waals surface area contributed by atoms with Gasteiger partial charge in [0.05, 0.1) is 12.2 Å². The Labute approximate surface area is 108 Å². The Bertz CT molecular complexity index is 429. The second kappa shape index (κ2) is 3.02. The summed E-state index contributed by atoms with van der Waals surface area (Å²) in [6, 6.07) is 0. The summed E-state index contributed by atoms with van der Waals surface area (Å²) in [7, 11) is 0. The summed E-state index contributed by atoms with van der Waals surface area (Å²) in [5, 5.41) is 10.9. The van der Waals surface area contributed by atoms with Crippen molar-refractivity contribution in [2.45, 2.75) is 56.5 Å². The first kappa shape index (κ1) is 11.4. The van der Waals surface area contributed by atoms with Crippen molar-refractivity contribution in [3.8, 4) is 0 Å². The maximum atomic E-state index is 10.9. The van der Waals surface area contributed by atoms with Crippen molar-refractivity contribution in [3.63, 3.8) is 0 Å². The van der Waals surface area contributed by atoms with Gasteiger partial charge in [-0.1, -0.05) is 13.5 Å². The van der Waals surface area contributed by atoms with Gasteiger partial charge in [-0.15, -0.1) is 0 Å². The Hall–Kier alpha value is -0.380. The molecule has 18 heavy (non-hydrogen) atoms. The molecule has 100 valence electrons. The molecule has 4 fully saturated rings. The summed E-state index contributed by atoms with van der Waals surface area (Å²) < 4.78 is 12.4. The third kappa shape index (κ3) is 1.04. The van der Waals surface area contributed by atoms with Crippen LogP contribution in [0, 0.1) is 17.8 Å². The third-order valence-corrected chi connectivity index (χ3v) is 6.13. The molecule has 2 bridgehead atoms. The van der Waals surface area contributed by atoms with Gasteiger partial charge in [0.15, 0.2) is 5.79 Å². The maximum Gasteiger partial charge on any atom is 0.178 e. The molecule has 6 atom stereocenters. The Kier molecular flexibility index (Phi) is 1.92. The number of hydrogen-bond acceptors (Lipinski definition) is 3. The molecule has 0 amide bonds. The summed E-state index contributed by atoms with van der Waals surface area (Å²) >= 11 is 0. The average Bonchev–Trinajstić information content (AvgIpc) is 2.83. The van der Waals surface area contributed by atoms with Crippen molar-refractivity contribution < 1.29 is 14.6 Å². The Balaban J connectivity index is 1.86. The summed E-state index contributed by atoms with van der Waals surface area (Å²) in [6.07, 6.45) is 3.80. The normalized spacial score (nSPS) is 61.9. The van der Waals surface area contributed by atoms with E-state index in [1.54, 1.807) is 0 Å². The molecular formula is C15H22O3. The van der Waals surface area contributed by atoms with Gasteiger partial charge in [0.2, 0.25) is 0 Å². The van der Waals surface area contributed by atoms with Crippen LogP contribution in [0.4, 0.5) is 0 Å². The van der Waals surface area contributed by atoms with Crippen molar-refractivity contribution >= 4 is 0 Å². The van der Waals surface area contributed by atoms with Crippen molar-refractivity contribution in [2.24, 2.45) is 17.8 Å². The predicted octanol–water partition coefficient (Wildman–Crippen LogP) is 2.25. The van der Waals surface area contributed by atoms with Crippen molar-refractivity contribution in [1.82, 2.24) is 0 Å². The fourth-order valence-corrected chi connectivity index (χ4v) is 5.19. The summed E-state index contributed by atoms with van der Waals surface area (Å²) in [6.45, 7) is 8.98. The lowest BCUT2D eigenvalue weighted by molar-refractivity contribution is -0.289. The molecule has 0 radical (unpaired) electrons. The van der Waals surface area contributed by atoms with Crippen LogP contribution in [0.1, 0.15) is 39.5 Å². The quantitative estimate of drug-likeness (QED) is 0.670. The van der Waals surface area contributed by atoms with Crippen LogP contribution in [0.15, 0.2) is 12.2 Å². The average molecular weight is 250 g/mol. The predicted molar refractivity (Wildman–Crippen MR) is 66.9 cm³/mol. The van der Waals surface area contributed by atoms with E-state index in [0.717, 1.165) is 24.8 Å². The molecular weight excluding hydrogens is 228 g/mol. The first-order chi connectivity index (χ1) is 8.40. The molecule has 3 heterocycles. The standard InChI is InChI=1S/C15H22O3/c1-9-4-5-14-11(9)6-12-10(2)7-17-15(12,18-14)8-13(14,3)16/h9,11-12,16H,2,4-8H2,1,3H3/t9-,11+,12-,13-,14-,15-/m1/s1. The molecule has 3 nitrogen and oxygen atoms in total. The Morgan fingerprint density at radius 2 is 2.22 bits per heavy atom. The lowest BCUT2D eigenvalue weighted by Crippen LogP contribution is -2.55. The smallest absolute Gasteiger partial charge is 0.178 e. The zero-order valence-electron chi connectivity index (χ0n) is 11.2. The minimum absolute atomic E-state index is 0.283. The topological polar surface area (TPSA) is 38.7 Å². The van der Waals surface area contributed by atoms with Crippen LogP contribution >= 0.6 is 0 Å². The molecule has 0 unspecified atom stereocenters. The van der Waals surface area contributed by atoms with Gasteiger partial charge in [0, 0.05) is 12.3 Å². The highest BCUT2D eigenvalue weighted by molar-refractivity contribution is 5.26. The summed E-state index contributed by atoms with van der Waals surface area (Å²) in [5.74, 6) is 0.791. The zero-order valence-corrected chi connectivity index (χ0v) is 11.2. The highest BCUT2D eigenvalue weighted by atomic mass is 16.7. The first-order valence-electron chi connectivity index (χ1n) is 7.14. The van der Waals surface area contributed by atoms with E-state index >= 15 is 0 Å². The monoisotopic (exact) mass is 250 g/mol. The second-order valence-corrected chi connectivity index (χ2v) is 7.11. The van der Waals surface area contributed by atoms with E-state index in [0.29, 0.717) is 24.9 Å². The van der Waals surface area contributed by atoms with E-state index in [4.69, 9.17) is 9.47 Å². The first-order valence-corrected chi connectivity index (χ1v) is 7.14. The zero-order chi connectivity index (χ0) is 12.8.